The minimum absolute atomic E-state index is 0.0348. The summed E-state index contributed by atoms with van der Waals surface area (Å²) in [6, 6.07) is 15.1. The first kappa shape index (κ1) is 18.5. The summed E-state index contributed by atoms with van der Waals surface area (Å²) in [6.07, 6.45) is 1.85. The van der Waals surface area contributed by atoms with E-state index >= 15 is 0 Å². The van der Waals surface area contributed by atoms with Gasteiger partial charge in [0.25, 0.3) is 5.91 Å². The number of para-hydroxylation sites is 2. The molecule has 6 nitrogen and oxygen atoms in total. The van der Waals surface area contributed by atoms with Crippen molar-refractivity contribution in [3.63, 3.8) is 0 Å². The number of alkyl halides is 2. The summed E-state index contributed by atoms with van der Waals surface area (Å²) >= 11 is 0. The number of carbonyl (C=O) groups is 1. The SMILES string of the molecule is CCC(NC(=O)c1cnn(-c2ccccc2)n1)c1ccccc1OC(F)F. The highest BCUT2D eigenvalue weighted by molar-refractivity contribution is 5.92. The summed E-state index contributed by atoms with van der Waals surface area (Å²) in [5, 5.41) is 11.1. The minimum atomic E-state index is -2.94. The molecule has 1 amide bonds. The average molecular weight is 372 g/mol. The number of hydrogen-bond acceptors (Lipinski definition) is 4. The van der Waals surface area contributed by atoms with Crippen molar-refractivity contribution >= 4 is 5.91 Å². The van der Waals surface area contributed by atoms with Crippen LogP contribution in [0.1, 0.15) is 35.4 Å². The maximum absolute atomic E-state index is 12.6. The van der Waals surface area contributed by atoms with Crippen molar-refractivity contribution in [2.24, 2.45) is 0 Å². The summed E-state index contributed by atoms with van der Waals surface area (Å²) in [5.41, 5.74) is 1.33. The number of nitrogens with zero attached hydrogens (tertiary/aromatic N) is 3. The molecule has 1 unspecified atom stereocenters. The molecule has 0 radical (unpaired) electrons. The first-order chi connectivity index (χ1) is 13.1. The molecule has 3 rings (SSSR count). The first-order valence-corrected chi connectivity index (χ1v) is 8.41. The fourth-order valence-corrected chi connectivity index (χ4v) is 2.66. The maximum atomic E-state index is 12.6. The Kier molecular flexibility index (Phi) is 5.75. The number of hydrogen-bond donors (Lipinski definition) is 1. The number of rotatable bonds is 7. The van der Waals surface area contributed by atoms with Gasteiger partial charge in [0.2, 0.25) is 0 Å². The minimum Gasteiger partial charge on any atom is -0.434 e. The fraction of sp³-hybridized carbons (Fsp3) is 0.211. The summed E-state index contributed by atoms with van der Waals surface area (Å²) < 4.78 is 29.8. The molecule has 8 heteroatoms. The second kappa shape index (κ2) is 8.39. The zero-order valence-corrected chi connectivity index (χ0v) is 14.5. The molecule has 0 aliphatic carbocycles. The first-order valence-electron chi connectivity index (χ1n) is 8.41. The van der Waals surface area contributed by atoms with E-state index in [-0.39, 0.29) is 11.4 Å². The van der Waals surface area contributed by atoms with Crippen molar-refractivity contribution in [1.82, 2.24) is 20.3 Å². The second-order valence-electron chi connectivity index (χ2n) is 5.71. The highest BCUT2D eigenvalue weighted by atomic mass is 19.3. The van der Waals surface area contributed by atoms with E-state index in [9.17, 15) is 13.6 Å². The molecule has 1 atom stereocenters. The van der Waals surface area contributed by atoms with E-state index in [2.05, 4.69) is 20.3 Å². The molecule has 0 saturated heterocycles. The van der Waals surface area contributed by atoms with Crippen molar-refractivity contribution in [3.8, 4) is 11.4 Å². The Balaban J connectivity index is 1.78. The Morgan fingerprint density at radius 2 is 1.85 bits per heavy atom. The molecule has 1 aromatic heterocycles. The average Bonchev–Trinajstić information content (AvgIpc) is 3.17. The third-order valence-electron chi connectivity index (χ3n) is 3.94. The summed E-state index contributed by atoms with van der Waals surface area (Å²) in [7, 11) is 0. The molecule has 3 aromatic rings. The molecular weight excluding hydrogens is 354 g/mol. The third-order valence-corrected chi connectivity index (χ3v) is 3.94. The molecule has 1 N–H and O–H groups in total. The lowest BCUT2D eigenvalue weighted by atomic mass is 10.0. The van der Waals surface area contributed by atoms with Crippen LogP contribution >= 0.6 is 0 Å². The van der Waals surface area contributed by atoms with Gasteiger partial charge >= 0.3 is 6.61 Å². The van der Waals surface area contributed by atoms with E-state index in [1.807, 2.05) is 37.3 Å². The lowest BCUT2D eigenvalue weighted by Crippen LogP contribution is -2.29. The van der Waals surface area contributed by atoms with Gasteiger partial charge in [-0.15, -0.1) is 5.10 Å². The van der Waals surface area contributed by atoms with Gasteiger partial charge in [0.1, 0.15) is 5.75 Å². The van der Waals surface area contributed by atoms with Crippen molar-refractivity contribution < 1.29 is 18.3 Å². The number of carbonyl (C=O) groups excluding carboxylic acids is 1. The van der Waals surface area contributed by atoms with Gasteiger partial charge in [-0.05, 0) is 24.6 Å². The van der Waals surface area contributed by atoms with Crippen molar-refractivity contribution in [2.75, 3.05) is 0 Å². The number of aromatic nitrogens is 3. The molecular formula is C19H18F2N4O2. The van der Waals surface area contributed by atoms with Gasteiger partial charge in [0.05, 0.1) is 17.9 Å². The lowest BCUT2D eigenvalue weighted by molar-refractivity contribution is -0.0506. The Morgan fingerprint density at radius 1 is 1.15 bits per heavy atom. The van der Waals surface area contributed by atoms with Crippen LogP contribution in [-0.2, 0) is 0 Å². The highest BCUT2D eigenvalue weighted by Crippen LogP contribution is 2.28. The third kappa shape index (κ3) is 4.46. The van der Waals surface area contributed by atoms with E-state index in [1.54, 1.807) is 18.2 Å². The topological polar surface area (TPSA) is 69.0 Å². The molecule has 0 aliphatic rings. The standard InChI is InChI=1S/C19H18F2N4O2/c1-2-15(14-10-6-7-11-17(14)27-19(20)21)23-18(26)16-12-22-25(24-16)13-8-4-3-5-9-13/h3-12,15,19H,2H2,1H3,(H,23,26). The Labute approximate surface area is 154 Å². The zero-order chi connectivity index (χ0) is 19.2. The van der Waals surface area contributed by atoms with Gasteiger partial charge in [-0.1, -0.05) is 43.3 Å². The lowest BCUT2D eigenvalue weighted by Gasteiger charge is -2.20. The summed E-state index contributed by atoms with van der Waals surface area (Å²) in [6.45, 7) is -1.10. The van der Waals surface area contributed by atoms with Crippen molar-refractivity contribution in [2.45, 2.75) is 26.0 Å². The van der Waals surface area contributed by atoms with E-state index in [1.165, 1.54) is 17.1 Å². The van der Waals surface area contributed by atoms with Crippen LogP contribution in [0.25, 0.3) is 5.69 Å². The number of halogens is 2. The van der Waals surface area contributed by atoms with Crippen LogP contribution in [0.15, 0.2) is 60.8 Å². The summed E-state index contributed by atoms with van der Waals surface area (Å²) in [4.78, 5) is 13.9. The van der Waals surface area contributed by atoms with Crippen LogP contribution in [0.5, 0.6) is 5.75 Å². The normalized spacial score (nSPS) is 12.0. The fourth-order valence-electron chi connectivity index (χ4n) is 2.66. The molecule has 0 fully saturated rings. The zero-order valence-electron chi connectivity index (χ0n) is 14.5. The van der Waals surface area contributed by atoms with Crippen LogP contribution in [0.4, 0.5) is 8.78 Å². The smallest absolute Gasteiger partial charge is 0.387 e. The van der Waals surface area contributed by atoms with Crippen LogP contribution in [0.3, 0.4) is 0 Å². The van der Waals surface area contributed by atoms with Crippen LogP contribution in [-0.4, -0.2) is 27.5 Å². The highest BCUT2D eigenvalue weighted by Gasteiger charge is 2.21. The van der Waals surface area contributed by atoms with Gasteiger partial charge in [-0.2, -0.15) is 18.7 Å². The van der Waals surface area contributed by atoms with Gasteiger partial charge in [-0.3, -0.25) is 4.79 Å². The molecule has 1 heterocycles. The molecule has 2 aromatic carbocycles. The quantitative estimate of drug-likeness (QED) is 0.686. The molecule has 0 saturated carbocycles. The summed E-state index contributed by atoms with van der Waals surface area (Å²) in [5.74, 6) is -0.413. The van der Waals surface area contributed by atoms with Crippen molar-refractivity contribution in [3.05, 3.63) is 72.1 Å². The molecule has 0 bridgehead atoms. The molecule has 140 valence electrons. The van der Waals surface area contributed by atoms with Crippen molar-refractivity contribution in [1.29, 1.82) is 0 Å². The van der Waals surface area contributed by atoms with Gasteiger partial charge in [0.15, 0.2) is 5.69 Å². The molecule has 0 spiro atoms. The monoisotopic (exact) mass is 372 g/mol. The Morgan fingerprint density at radius 3 is 2.56 bits per heavy atom. The van der Waals surface area contributed by atoms with Crippen LogP contribution in [0, 0.1) is 0 Å². The van der Waals surface area contributed by atoms with Gasteiger partial charge in [0, 0.05) is 5.56 Å². The van der Waals surface area contributed by atoms with E-state index in [0.29, 0.717) is 12.0 Å². The maximum Gasteiger partial charge on any atom is 0.387 e. The number of nitrogens with one attached hydrogen (secondary N) is 1. The van der Waals surface area contributed by atoms with E-state index in [0.717, 1.165) is 5.69 Å². The molecule has 27 heavy (non-hydrogen) atoms. The number of ether oxygens (including phenoxy) is 1. The number of benzene rings is 2. The Bertz CT molecular complexity index is 899. The predicted octanol–water partition coefficient (Wildman–Crippen LogP) is 3.75. The van der Waals surface area contributed by atoms with Crippen LogP contribution in [0.2, 0.25) is 0 Å². The van der Waals surface area contributed by atoms with Crippen LogP contribution < -0.4 is 10.1 Å². The van der Waals surface area contributed by atoms with Gasteiger partial charge in [-0.25, -0.2) is 0 Å². The van der Waals surface area contributed by atoms with E-state index in [4.69, 9.17) is 0 Å². The second-order valence-corrected chi connectivity index (χ2v) is 5.71. The van der Waals surface area contributed by atoms with Gasteiger partial charge < -0.3 is 10.1 Å². The van der Waals surface area contributed by atoms with E-state index < -0.39 is 18.6 Å². The largest absolute Gasteiger partial charge is 0.434 e. The Hall–Kier alpha value is -3.29. The molecule has 0 aliphatic heterocycles. The number of amides is 1. The predicted molar refractivity (Wildman–Crippen MR) is 94.9 cm³/mol.